The van der Waals surface area contributed by atoms with Crippen LogP contribution in [0.2, 0.25) is 0 Å². The minimum absolute atomic E-state index is 0.0956. The van der Waals surface area contributed by atoms with Crippen LogP contribution in [-0.2, 0) is 7.05 Å². The number of pyridine rings is 1. The zero-order valence-corrected chi connectivity index (χ0v) is 16.7. The van der Waals surface area contributed by atoms with Crippen LogP contribution in [0.5, 0.6) is 0 Å². The molecule has 0 aliphatic carbocycles. The molecule has 3 aromatic carbocycles. The van der Waals surface area contributed by atoms with E-state index in [0.717, 1.165) is 22.2 Å². The number of anilines is 1. The van der Waals surface area contributed by atoms with E-state index in [1.807, 2.05) is 86.1 Å². The van der Waals surface area contributed by atoms with Gasteiger partial charge in [-0.2, -0.15) is 0 Å². The predicted octanol–water partition coefficient (Wildman–Crippen LogP) is 5.07. The van der Waals surface area contributed by atoms with Gasteiger partial charge < -0.3 is 9.88 Å². The molecule has 0 bridgehead atoms. The number of carbonyl (C=O) groups excluding carboxylic acids is 1. The third kappa shape index (κ3) is 3.45. The van der Waals surface area contributed by atoms with Crippen LogP contribution in [0.3, 0.4) is 0 Å². The molecule has 0 saturated heterocycles. The van der Waals surface area contributed by atoms with Gasteiger partial charge >= 0.3 is 0 Å². The fraction of sp³-hybridized carbons (Fsp3) is 0.120. The van der Waals surface area contributed by atoms with E-state index in [1.54, 1.807) is 12.1 Å². The number of hydrogen-bond donors (Lipinski definition) is 1. The van der Waals surface area contributed by atoms with E-state index in [9.17, 15) is 9.59 Å². The minimum Gasteiger partial charge on any atom is -0.330 e. The molecule has 1 amide bonds. The first-order chi connectivity index (χ1) is 14.0. The second kappa shape index (κ2) is 7.40. The molecule has 4 nitrogen and oxygen atoms in total. The van der Waals surface area contributed by atoms with E-state index in [0.29, 0.717) is 22.3 Å². The quantitative estimate of drug-likeness (QED) is 0.537. The van der Waals surface area contributed by atoms with Gasteiger partial charge in [-0.05, 0) is 43.7 Å². The van der Waals surface area contributed by atoms with Gasteiger partial charge in [0.1, 0.15) is 5.82 Å². The van der Waals surface area contributed by atoms with Crippen molar-refractivity contribution in [1.82, 2.24) is 4.57 Å². The average Bonchev–Trinajstić information content (AvgIpc) is 2.73. The summed E-state index contributed by atoms with van der Waals surface area (Å²) >= 11 is 0. The topological polar surface area (TPSA) is 51.1 Å². The minimum atomic E-state index is -0.247. The van der Waals surface area contributed by atoms with E-state index in [4.69, 9.17) is 0 Å². The zero-order valence-electron chi connectivity index (χ0n) is 16.7. The van der Waals surface area contributed by atoms with Crippen molar-refractivity contribution < 1.29 is 4.79 Å². The number of hydrogen-bond acceptors (Lipinski definition) is 2. The molecule has 0 atom stereocenters. The Hall–Kier alpha value is -3.66. The highest BCUT2D eigenvalue weighted by atomic mass is 16.1. The first kappa shape index (κ1) is 18.7. The zero-order chi connectivity index (χ0) is 20.5. The van der Waals surface area contributed by atoms with Crippen molar-refractivity contribution in [3.8, 4) is 11.1 Å². The van der Waals surface area contributed by atoms with Crippen molar-refractivity contribution in [3.63, 3.8) is 0 Å². The van der Waals surface area contributed by atoms with Gasteiger partial charge in [-0.15, -0.1) is 0 Å². The summed E-state index contributed by atoms with van der Waals surface area (Å²) in [4.78, 5) is 26.3. The predicted molar refractivity (Wildman–Crippen MR) is 118 cm³/mol. The molecule has 4 heteroatoms. The van der Waals surface area contributed by atoms with Gasteiger partial charge in [0.2, 0.25) is 0 Å². The number of nitrogens with one attached hydrogen (secondary N) is 1. The Balaban J connectivity index is 1.93. The highest BCUT2D eigenvalue weighted by Gasteiger charge is 2.19. The lowest BCUT2D eigenvalue weighted by atomic mass is 10.0. The summed E-state index contributed by atoms with van der Waals surface area (Å²) < 4.78 is 1.87. The number of amides is 1. The van der Waals surface area contributed by atoms with Crippen molar-refractivity contribution in [2.24, 2.45) is 7.05 Å². The summed E-state index contributed by atoms with van der Waals surface area (Å²) in [5.41, 5.74) is 4.69. The van der Waals surface area contributed by atoms with Crippen LogP contribution in [0.1, 0.15) is 21.5 Å². The summed E-state index contributed by atoms with van der Waals surface area (Å²) in [5, 5.41) is 3.61. The van der Waals surface area contributed by atoms with E-state index in [1.165, 1.54) is 0 Å². The van der Waals surface area contributed by atoms with Crippen molar-refractivity contribution in [2.45, 2.75) is 13.8 Å². The van der Waals surface area contributed by atoms with Gasteiger partial charge in [-0.1, -0.05) is 59.7 Å². The van der Waals surface area contributed by atoms with Crippen molar-refractivity contribution >= 4 is 22.6 Å². The van der Waals surface area contributed by atoms with Gasteiger partial charge in [-0.3, -0.25) is 9.59 Å². The summed E-state index contributed by atoms with van der Waals surface area (Å²) in [6.07, 6.45) is 0. The van der Waals surface area contributed by atoms with Crippen LogP contribution in [-0.4, -0.2) is 10.5 Å². The summed E-state index contributed by atoms with van der Waals surface area (Å²) in [6, 6.07) is 22.6. The Morgan fingerprint density at radius 1 is 0.828 bits per heavy atom. The van der Waals surface area contributed by atoms with Gasteiger partial charge in [0.05, 0.1) is 11.1 Å². The molecule has 0 unspecified atom stereocenters. The third-order valence-corrected chi connectivity index (χ3v) is 5.20. The van der Waals surface area contributed by atoms with Crippen LogP contribution in [0.15, 0.2) is 77.6 Å². The molecule has 1 aromatic heterocycles. The molecule has 144 valence electrons. The molecule has 29 heavy (non-hydrogen) atoms. The maximum absolute atomic E-state index is 13.4. The van der Waals surface area contributed by atoms with Crippen LogP contribution in [0.4, 0.5) is 5.82 Å². The van der Waals surface area contributed by atoms with Crippen LogP contribution >= 0.6 is 0 Å². The van der Waals surface area contributed by atoms with Gasteiger partial charge in [0, 0.05) is 18.0 Å². The van der Waals surface area contributed by atoms with Crippen molar-refractivity contribution in [1.29, 1.82) is 0 Å². The first-order valence-electron chi connectivity index (χ1n) is 9.52. The number of rotatable bonds is 3. The molecule has 0 aliphatic heterocycles. The Bertz CT molecular complexity index is 1270. The lowest BCUT2D eigenvalue weighted by Crippen LogP contribution is -2.21. The second-order valence-corrected chi connectivity index (χ2v) is 7.32. The van der Waals surface area contributed by atoms with E-state index < -0.39 is 0 Å². The summed E-state index contributed by atoms with van der Waals surface area (Å²) in [7, 11) is 1.87. The molecule has 0 saturated carbocycles. The standard InChI is InChI=1S/C25H22N2O2/c1-16-8-12-18(13-9-16)22-23(28)20-6-4-5-7-21(20)27(3)24(22)26-25(29)19-14-10-17(2)11-15-19/h4-15H,1-3H3,(H,26,29). The number of carbonyl (C=O) groups is 1. The maximum Gasteiger partial charge on any atom is 0.256 e. The Labute approximate surface area is 169 Å². The van der Waals surface area contributed by atoms with Gasteiger partial charge in [0.25, 0.3) is 5.91 Å². The molecule has 1 heterocycles. The molecule has 0 aliphatic rings. The third-order valence-electron chi connectivity index (χ3n) is 5.20. The molecule has 0 fully saturated rings. The number of nitrogens with zero attached hydrogens (tertiary/aromatic N) is 1. The first-order valence-corrected chi connectivity index (χ1v) is 9.52. The SMILES string of the molecule is Cc1ccc(C(=O)Nc2c(-c3ccc(C)cc3)c(=O)c3ccccc3n2C)cc1. The fourth-order valence-corrected chi connectivity index (χ4v) is 3.51. The molecule has 4 aromatic rings. The van der Waals surface area contributed by atoms with Crippen molar-refractivity contribution in [2.75, 3.05) is 5.32 Å². The largest absolute Gasteiger partial charge is 0.330 e. The van der Waals surface area contributed by atoms with Gasteiger partial charge in [-0.25, -0.2) is 0 Å². The molecule has 0 spiro atoms. The smallest absolute Gasteiger partial charge is 0.256 e. The number of benzene rings is 3. The average molecular weight is 382 g/mol. The van der Waals surface area contributed by atoms with Crippen LogP contribution < -0.4 is 10.7 Å². The number of aromatic nitrogens is 1. The lowest BCUT2D eigenvalue weighted by Gasteiger charge is -2.18. The monoisotopic (exact) mass is 382 g/mol. The van der Waals surface area contributed by atoms with Crippen LogP contribution in [0.25, 0.3) is 22.0 Å². The normalized spacial score (nSPS) is 10.9. The van der Waals surface area contributed by atoms with Crippen molar-refractivity contribution in [3.05, 3.63) is 99.7 Å². The second-order valence-electron chi connectivity index (χ2n) is 7.32. The summed E-state index contributed by atoms with van der Waals surface area (Å²) in [6.45, 7) is 3.98. The maximum atomic E-state index is 13.4. The Kier molecular flexibility index (Phi) is 4.77. The molecule has 1 N–H and O–H groups in total. The van der Waals surface area contributed by atoms with Gasteiger partial charge in [0.15, 0.2) is 5.43 Å². The molecular weight excluding hydrogens is 360 g/mol. The fourth-order valence-electron chi connectivity index (χ4n) is 3.51. The highest BCUT2D eigenvalue weighted by molar-refractivity contribution is 6.06. The number of fused-ring (bicyclic) bond motifs is 1. The number of aryl methyl sites for hydroxylation is 3. The molecule has 0 radical (unpaired) electrons. The molecular formula is C25H22N2O2. The van der Waals surface area contributed by atoms with E-state index >= 15 is 0 Å². The summed E-state index contributed by atoms with van der Waals surface area (Å²) in [5.74, 6) is 0.242. The van der Waals surface area contributed by atoms with Crippen LogP contribution in [0, 0.1) is 13.8 Å². The number of para-hydroxylation sites is 1. The Morgan fingerprint density at radius 3 is 2.07 bits per heavy atom. The molecule has 4 rings (SSSR count). The Morgan fingerprint density at radius 2 is 1.41 bits per heavy atom. The lowest BCUT2D eigenvalue weighted by molar-refractivity contribution is 0.102. The highest BCUT2D eigenvalue weighted by Crippen LogP contribution is 2.29. The van der Waals surface area contributed by atoms with E-state index in [-0.39, 0.29) is 11.3 Å². The van der Waals surface area contributed by atoms with E-state index in [2.05, 4.69) is 5.32 Å².